The van der Waals surface area contributed by atoms with Crippen molar-refractivity contribution in [2.45, 2.75) is 57.8 Å². The molecule has 0 aliphatic carbocycles. The second-order valence-corrected chi connectivity index (χ2v) is 12.9. The zero-order chi connectivity index (χ0) is 29.4. The normalized spacial score (nSPS) is 24.0. The molecule has 3 atom stereocenters. The number of likely N-dealkylation sites (tertiary alicyclic amines) is 1. The van der Waals surface area contributed by atoms with Crippen molar-refractivity contribution in [3.05, 3.63) is 35.1 Å². The SMILES string of the molecule is CC(C)[C@H](NC(=O)[C@H]1CCCN1C(=O)[C@H]1CCCN(S(=O)(=O)N2CC(C#N)C2)C1)c1ccc(C(F)(F)F)cc1F. The van der Waals surface area contributed by atoms with Crippen molar-refractivity contribution in [2.75, 3.05) is 32.7 Å². The summed E-state index contributed by atoms with van der Waals surface area (Å²) in [4.78, 5) is 28.3. The number of halogens is 4. The van der Waals surface area contributed by atoms with Crippen LogP contribution in [0.15, 0.2) is 18.2 Å². The number of nitrogens with one attached hydrogen (secondary N) is 1. The summed E-state index contributed by atoms with van der Waals surface area (Å²) < 4.78 is 82.2. The number of nitriles is 1. The van der Waals surface area contributed by atoms with Gasteiger partial charge in [0.25, 0.3) is 10.2 Å². The molecule has 3 aliphatic heterocycles. The first-order valence-electron chi connectivity index (χ1n) is 13.4. The number of alkyl halides is 3. The lowest BCUT2D eigenvalue weighted by Gasteiger charge is -2.41. The highest BCUT2D eigenvalue weighted by Crippen LogP contribution is 2.34. The molecule has 2 amide bonds. The van der Waals surface area contributed by atoms with Crippen LogP contribution < -0.4 is 5.32 Å². The van der Waals surface area contributed by atoms with Crippen molar-refractivity contribution in [2.24, 2.45) is 17.8 Å². The molecule has 9 nitrogen and oxygen atoms in total. The maximum Gasteiger partial charge on any atom is 0.416 e. The van der Waals surface area contributed by atoms with E-state index in [9.17, 15) is 35.6 Å². The minimum Gasteiger partial charge on any atom is -0.347 e. The second-order valence-electron chi connectivity index (χ2n) is 11.0. The zero-order valence-corrected chi connectivity index (χ0v) is 23.1. The lowest BCUT2D eigenvalue weighted by atomic mass is 9.93. The first kappa shape index (κ1) is 30.2. The topological polar surface area (TPSA) is 114 Å². The van der Waals surface area contributed by atoms with E-state index < -0.39 is 51.7 Å². The van der Waals surface area contributed by atoms with Crippen molar-refractivity contribution >= 4 is 22.0 Å². The molecule has 1 aromatic rings. The van der Waals surface area contributed by atoms with E-state index in [0.717, 1.165) is 12.1 Å². The monoisotopic (exact) mass is 587 g/mol. The molecule has 0 radical (unpaired) electrons. The fourth-order valence-electron chi connectivity index (χ4n) is 5.57. The third kappa shape index (κ3) is 6.11. The van der Waals surface area contributed by atoms with Crippen LogP contribution in [0.3, 0.4) is 0 Å². The van der Waals surface area contributed by atoms with E-state index in [4.69, 9.17) is 5.26 Å². The van der Waals surface area contributed by atoms with Crippen LogP contribution in [0.4, 0.5) is 17.6 Å². The van der Waals surface area contributed by atoms with Crippen LogP contribution in [-0.4, -0.2) is 72.5 Å². The first-order valence-corrected chi connectivity index (χ1v) is 14.8. The standard InChI is InChI=1S/C26H33F4N5O4S/c1-16(2)23(20-8-7-19(11-21(20)27)26(28,29)30)32-24(36)22-6-4-10-35(22)25(37)18-5-3-9-33(15-18)40(38,39)34-13-17(12-31)14-34/h7-8,11,16-18,22-23H,3-6,9-10,13-15H2,1-2H3,(H,32,36)/t18-,22+,23-/m0/s1. The van der Waals surface area contributed by atoms with E-state index in [0.29, 0.717) is 38.3 Å². The lowest BCUT2D eigenvalue weighted by Crippen LogP contribution is -2.57. The van der Waals surface area contributed by atoms with Crippen molar-refractivity contribution in [1.29, 1.82) is 5.26 Å². The van der Waals surface area contributed by atoms with Crippen molar-refractivity contribution in [3.63, 3.8) is 0 Å². The Balaban J connectivity index is 1.44. The van der Waals surface area contributed by atoms with Crippen LogP contribution in [0.25, 0.3) is 0 Å². The Bertz CT molecular complexity index is 1280. The van der Waals surface area contributed by atoms with Gasteiger partial charge in [0.1, 0.15) is 11.9 Å². The largest absolute Gasteiger partial charge is 0.416 e. The van der Waals surface area contributed by atoms with Crippen LogP contribution in [-0.2, 0) is 26.0 Å². The highest BCUT2D eigenvalue weighted by molar-refractivity contribution is 7.86. The Morgan fingerprint density at radius 3 is 2.35 bits per heavy atom. The smallest absolute Gasteiger partial charge is 0.347 e. The third-order valence-corrected chi connectivity index (χ3v) is 9.82. The van der Waals surface area contributed by atoms with E-state index >= 15 is 0 Å². The van der Waals surface area contributed by atoms with Gasteiger partial charge in [-0.05, 0) is 43.7 Å². The van der Waals surface area contributed by atoms with E-state index in [1.54, 1.807) is 13.8 Å². The van der Waals surface area contributed by atoms with Crippen molar-refractivity contribution in [3.8, 4) is 6.07 Å². The number of carbonyl (C=O) groups excluding carboxylic acids is 2. The third-order valence-electron chi connectivity index (χ3n) is 7.88. The van der Waals surface area contributed by atoms with Gasteiger partial charge in [-0.25, -0.2) is 4.39 Å². The summed E-state index contributed by atoms with van der Waals surface area (Å²) in [6.07, 6.45) is -2.87. The van der Waals surface area contributed by atoms with Crippen LogP contribution in [0.2, 0.25) is 0 Å². The average Bonchev–Trinajstić information content (AvgIpc) is 3.36. The maximum absolute atomic E-state index is 14.7. The van der Waals surface area contributed by atoms with E-state index in [2.05, 4.69) is 5.32 Å². The molecule has 0 unspecified atom stereocenters. The summed E-state index contributed by atoms with van der Waals surface area (Å²) in [7, 11) is -3.80. The molecular formula is C26H33F4N5O4S. The minimum absolute atomic E-state index is 0.0227. The Kier molecular flexibility index (Phi) is 8.77. The number of hydrogen-bond acceptors (Lipinski definition) is 5. The van der Waals surface area contributed by atoms with Gasteiger partial charge in [-0.15, -0.1) is 0 Å². The Hall–Kier alpha value is -2.76. The Morgan fingerprint density at radius 2 is 1.75 bits per heavy atom. The van der Waals surface area contributed by atoms with Gasteiger partial charge in [0.05, 0.1) is 29.5 Å². The zero-order valence-electron chi connectivity index (χ0n) is 22.3. The Labute approximate surface area is 231 Å². The second kappa shape index (κ2) is 11.6. The molecule has 3 fully saturated rings. The first-order chi connectivity index (χ1) is 18.7. The average molecular weight is 588 g/mol. The molecule has 3 saturated heterocycles. The van der Waals surface area contributed by atoms with Crippen LogP contribution in [0.1, 0.15) is 56.7 Å². The number of hydrogen-bond donors (Lipinski definition) is 1. The molecule has 1 aromatic carbocycles. The van der Waals surface area contributed by atoms with Crippen LogP contribution in [0.5, 0.6) is 0 Å². The van der Waals surface area contributed by atoms with Gasteiger partial charge in [-0.3, -0.25) is 9.59 Å². The molecule has 40 heavy (non-hydrogen) atoms. The molecule has 0 spiro atoms. The Morgan fingerprint density at radius 1 is 1.07 bits per heavy atom. The lowest BCUT2D eigenvalue weighted by molar-refractivity contribution is -0.142. The molecule has 0 saturated carbocycles. The number of rotatable bonds is 7. The highest BCUT2D eigenvalue weighted by atomic mass is 32.2. The van der Waals surface area contributed by atoms with E-state index in [-0.39, 0.29) is 49.5 Å². The summed E-state index contributed by atoms with van der Waals surface area (Å²) in [5.74, 6) is -3.30. The molecule has 0 bridgehead atoms. The quantitative estimate of drug-likeness (QED) is 0.493. The summed E-state index contributed by atoms with van der Waals surface area (Å²) >= 11 is 0. The minimum atomic E-state index is -4.71. The molecule has 0 aromatic heterocycles. The van der Waals surface area contributed by atoms with Gasteiger partial charge in [-0.2, -0.15) is 35.5 Å². The van der Waals surface area contributed by atoms with Gasteiger partial charge >= 0.3 is 6.18 Å². The predicted molar refractivity (Wildman–Crippen MR) is 136 cm³/mol. The van der Waals surface area contributed by atoms with E-state index in [1.807, 2.05) is 6.07 Å². The predicted octanol–water partition coefficient (Wildman–Crippen LogP) is 3.06. The van der Waals surface area contributed by atoms with Gasteiger partial charge in [0, 0.05) is 38.3 Å². The highest BCUT2D eigenvalue weighted by Gasteiger charge is 2.44. The molecule has 3 heterocycles. The molecule has 14 heteroatoms. The molecular weight excluding hydrogens is 554 g/mol. The molecule has 1 N–H and O–H groups in total. The molecule has 4 rings (SSSR count). The van der Waals surface area contributed by atoms with E-state index in [1.165, 1.54) is 13.5 Å². The van der Waals surface area contributed by atoms with Crippen LogP contribution in [0, 0.1) is 34.9 Å². The maximum atomic E-state index is 14.7. The molecule has 3 aliphatic rings. The summed E-state index contributed by atoms with van der Waals surface area (Å²) in [6.45, 7) is 4.19. The van der Waals surface area contributed by atoms with Gasteiger partial charge < -0.3 is 10.2 Å². The van der Waals surface area contributed by atoms with Crippen molar-refractivity contribution in [1.82, 2.24) is 18.8 Å². The fourth-order valence-corrected chi connectivity index (χ4v) is 7.36. The van der Waals surface area contributed by atoms with Crippen LogP contribution >= 0.6 is 0 Å². The summed E-state index contributed by atoms with van der Waals surface area (Å²) in [5, 5.41) is 11.7. The summed E-state index contributed by atoms with van der Waals surface area (Å²) in [5.41, 5.74) is -1.21. The van der Waals surface area contributed by atoms with Gasteiger partial charge in [-0.1, -0.05) is 19.9 Å². The number of benzene rings is 1. The van der Waals surface area contributed by atoms with Gasteiger partial charge in [0.2, 0.25) is 11.8 Å². The van der Waals surface area contributed by atoms with Gasteiger partial charge in [0.15, 0.2) is 0 Å². The fraction of sp³-hybridized carbons (Fsp3) is 0.654. The summed E-state index contributed by atoms with van der Waals surface area (Å²) in [6, 6.07) is 2.47. The number of nitrogens with zero attached hydrogens (tertiary/aromatic N) is 4. The number of piperidine rings is 1. The van der Waals surface area contributed by atoms with Crippen molar-refractivity contribution < 1.29 is 35.6 Å². The number of amides is 2. The number of carbonyl (C=O) groups is 2. The molecule has 220 valence electrons.